The van der Waals surface area contributed by atoms with Crippen LogP contribution in [0.3, 0.4) is 0 Å². The monoisotopic (exact) mass is 158 g/mol. The van der Waals surface area contributed by atoms with Crippen molar-refractivity contribution < 1.29 is 16.7 Å². The molecule has 0 aromatic carbocycles. The van der Waals surface area contributed by atoms with E-state index in [0.29, 0.717) is 6.42 Å². The normalized spacial score (nSPS) is 12.0. The van der Waals surface area contributed by atoms with E-state index in [2.05, 4.69) is 4.43 Å². The van der Waals surface area contributed by atoms with Crippen molar-refractivity contribution in [2.45, 2.75) is 19.8 Å². The first kappa shape index (κ1) is 8.97. The maximum atomic E-state index is 11.3. The summed E-state index contributed by atoms with van der Waals surface area (Å²) in [5, 5.41) is 0. The Morgan fingerprint density at radius 2 is 1.89 bits per heavy atom. The molecule has 9 heavy (non-hydrogen) atoms. The zero-order valence-electron chi connectivity index (χ0n) is 5.16. The van der Waals surface area contributed by atoms with E-state index in [1.165, 1.54) is 0 Å². The van der Waals surface area contributed by atoms with Crippen molar-refractivity contribution in [3.8, 4) is 0 Å². The lowest BCUT2D eigenvalue weighted by Gasteiger charge is -2.01. The predicted molar refractivity (Wildman–Crippen MR) is 29.9 cm³/mol. The molecule has 56 valence electrons. The van der Waals surface area contributed by atoms with Gasteiger partial charge in [0.1, 0.15) is 0 Å². The molecule has 0 spiro atoms. The van der Waals surface area contributed by atoms with E-state index >= 15 is 0 Å². The highest BCUT2D eigenvalue weighted by Gasteiger charge is 2.40. The summed E-state index contributed by atoms with van der Waals surface area (Å²) < 4.78 is 37.5. The van der Waals surface area contributed by atoms with Gasteiger partial charge in [-0.05, 0) is 6.42 Å². The van der Waals surface area contributed by atoms with Crippen LogP contribution in [-0.2, 0) is 4.43 Å². The first-order valence-electron chi connectivity index (χ1n) is 2.77. The molecule has 0 aliphatic carbocycles. The van der Waals surface area contributed by atoms with Crippen LogP contribution in [0.5, 0.6) is 0 Å². The van der Waals surface area contributed by atoms with Crippen LogP contribution in [0.2, 0.25) is 0 Å². The van der Waals surface area contributed by atoms with Crippen LogP contribution in [0.1, 0.15) is 19.8 Å². The molecule has 0 aliphatic heterocycles. The van der Waals surface area contributed by atoms with Gasteiger partial charge in [-0.2, -0.15) is 0 Å². The fourth-order valence-corrected chi connectivity index (χ4v) is 0.708. The number of unbranched alkanes of at least 4 members (excludes halogenated alkanes) is 1. The topological polar surface area (TPSA) is 9.23 Å². The van der Waals surface area contributed by atoms with Gasteiger partial charge in [-0.25, -0.2) is 12.3 Å². The Morgan fingerprint density at radius 1 is 1.33 bits per heavy atom. The predicted octanol–water partition coefficient (Wildman–Crippen LogP) is 2.15. The molecular formula is C4H9F3OSi. The van der Waals surface area contributed by atoms with Crippen LogP contribution in [0.4, 0.5) is 12.3 Å². The third-order valence-corrected chi connectivity index (χ3v) is 1.30. The molecular weight excluding hydrogens is 149 g/mol. The number of hydrogen-bond acceptors (Lipinski definition) is 1. The third kappa shape index (κ3) is 7.97. The van der Waals surface area contributed by atoms with Gasteiger partial charge in [-0.3, -0.25) is 0 Å². The fourth-order valence-electron chi connectivity index (χ4n) is 0.332. The molecule has 0 bridgehead atoms. The maximum Gasteiger partial charge on any atom is 0.802 e. The largest absolute Gasteiger partial charge is 0.802 e. The summed E-state index contributed by atoms with van der Waals surface area (Å²) in [6.07, 6.45) is 1.23. The summed E-state index contributed by atoms with van der Waals surface area (Å²) in [4.78, 5) is 0. The van der Waals surface area contributed by atoms with Crippen molar-refractivity contribution in [3.63, 3.8) is 0 Å². The number of hydrogen-bond donors (Lipinski definition) is 0. The summed E-state index contributed by atoms with van der Waals surface area (Å²) in [7, 11) is -5.69. The van der Waals surface area contributed by atoms with Crippen LogP contribution in [0.15, 0.2) is 0 Å². The molecule has 0 saturated heterocycles. The van der Waals surface area contributed by atoms with Gasteiger partial charge < -0.3 is 4.43 Å². The molecule has 1 nitrogen and oxygen atoms in total. The lowest BCUT2D eigenvalue weighted by Crippen LogP contribution is -2.21. The molecule has 0 radical (unpaired) electrons. The third-order valence-electron chi connectivity index (χ3n) is 0.764. The van der Waals surface area contributed by atoms with Gasteiger partial charge in [-0.15, -0.1) is 0 Å². The minimum atomic E-state index is -5.69. The second kappa shape index (κ2) is 3.89. The molecule has 0 heterocycles. The highest BCUT2D eigenvalue weighted by atomic mass is 28.5. The van der Waals surface area contributed by atoms with E-state index in [-0.39, 0.29) is 6.61 Å². The maximum absolute atomic E-state index is 11.3. The van der Waals surface area contributed by atoms with Crippen molar-refractivity contribution in [1.82, 2.24) is 0 Å². The quantitative estimate of drug-likeness (QED) is 0.346. The van der Waals surface area contributed by atoms with Gasteiger partial charge in [0.2, 0.25) is 0 Å². The zero-order chi connectivity index (χ0) is 7.33. The molecule has 0 aromatic rings. The lowest BCUT2D eigenvalue weighted by molar-refractivity contribution is 0.173. The number of rotatable bonds is 4. The van der Waals surface area contributed by atoms with Crippen molar-refractivity contribution in [2.24, 2.45) is 0 Å². The minimum Gasteiger partial charge on any atom is -0.342 e. The standard InChI is InChI=1S/C4H9F3OSi/c1-2-3-4-8-9(5,6)7/h2-4H2,1H3. The molecule has 0 atom stereocenters. The van der Waals surface area contributed by atoms with E-state index in [9.17, 15) is 12.3 Å². The second-order valence-corrected chi connectivity index (χ2v) is 2.83. The minimum absolute atomic E-state index is 0.160. The van der Waals surface area contributed by atoms with Crippen LogP contribution < -0.4 is 0 Å². The summed E-state index contributed by atoms with van der Waals surface area (Å²) >= 11 is 0. The molecule has 0 amide bonds. The highest BCUT2D eigenvalue weighted by Crippen LogP contribution is 2.09. The average molecular weight is 158 g/mol. The van der Waals surface area contributed by atoms with Crippen molar-refractivity contribution in [2.75, 3.05) is 6.61 Å². The highest BCUT2D eigenvalue weighted by molar-refractivity contribution is 6.51. The van der Waals surface area contributed by atoms with E-state index < -0.39 is 9.32 Å². The van der Waals surface area contributed by atoms with Gasteiger partial charge in [0, 0.05) is 6.61 Å². The smallest absolute Gasteiger partial charge is 0.342 e. The van der Waals surface area contributed by atoms with E-state index in [1.54, 1.807) is 0 Å². The van der Waals surface area contributed by atoms with Crippen molar-refractivity contribution in [3.05, 3.63) is 0 Å². The van der Waals surface area contributed by atoms with Crippen LogP contribution in [0, 0.1) is 0 Å². The molecule has 0 fully saturated rings. The Bertz CT molecular complexity index is 72.7. The Hall–Kier alpha value is -0.0331. The van der Waals surface area contributed by atoms with E-state index in [0.717, 1.165) is 6.42 Å². The lowest BCUT2D eigenvalue weighted by atomic mass is 10.4. The van der Waals surface area contributed by atoms with Crippen LogP contribution in [-0.4, -0.2) is 15.9 Å². The van der Waals surface area contributed by atoms with Gasteiger partial charge in [0.05, 0.1) is 0 Å². The Labute approximate surface area is 53.5 Å². The molecule has 5 heteroatoms. The Kier molecular flexibility index (Phi) is 3.88. The zero-order valence-corrected chi connectivity index (χ0v) is 6.16. The second-order valence-electron chi connectivity index (χ2n) is 1.65. The molecule has 0 aromatic heterocycles. The van der Waals surface area contributed by atoms with E-state index in [4.69, 9.17) is 0 Å². The molecule has 0 aliphatic rings. The average Bonchev–Trinajstić information content (AvgIpc) is 1.63. The fraction of sp³-hybridized carbons (Fsp3) is 1.00. The van der Waals surface area contributed by atoms with Gasteiger partial charge in [0.25, 0.3) is 0 Å². The molecule has 0 unspecified atom stereocenters. The molecule has 0 saturated carbocycles. The first-order valence-corrected chi connectivity index (χ1v) is 4.31. The summed E-state index contributed by atoms with van der Waals surface area (Å²) in [5.41, 5.74) is 0. The Morgan fingerprint density at radius 3 is 2.22 bits per heavy atom. The van der Waals surface area contributed by atoms with Gasteiger partial charge in [-0.1, -0.05) is 13.3 Å². The molecule has 0 N–H and O–H groups in total. The summed E-state index contributed by atoms with van der Waals surface area (Å²) in [5.74, 6) is 0. The summed E-state index contributed by atoms with van der Waals surface area (Å²) in [6.45, 7) is 1.66. The first-order chi connectivity index (χ1) is 4.06. The van der Waals surface area contributed by atoms with E-state index in [1.807, 2.05) is 6.92 Å². The molecule has 0 rings (SSSR count). The SMILES string of the molecule is CCCCO[Si](F)(F)F. The summed E-state index contributed by atoms with van der Waals surface area (Å²) in [6, 6.07) is 0. The van der Waals surface area contributed by atoms with Crippen molar-refractivity contribution in [1.29, 1.82) is 0 Å². The van der Waals surface area contributed by atoms with Crippen LogP contribution in [0.25, 0.3) is 0 Å². The van der Waals surface area contributed by atoms with Crippen molar-refractivity contribution >= 4 is 9.32 Å². The van der Waals surface area contributed by atoms with Gasteiger partial charge in [0.15, 0.2) is 0 Å². The van der Waals surface area contributed by atoms with Gasteiger partial charge >= 0.3 is 9.32 Å². The number of halogens is 3. The Balaban J connectivity index is 3.07. The van der Waals surface area contributed by atoms with Crippen LogP contribution >= 0.6 is 0 Å².